The third-order valence-corrected chi connectivity index (χ3v) is 8.38. The molecule has 0 aromatic heterocycles. The molecule has 1 atom stereocenters. The van der Waals surface area contributed by atoms with Gasteiger partial charge in [-0.2, -0.15) is 0 Å². The molecule has 0 heterocycles. The van der Waals surface area contributed by atoms with E-state index in [1.165, 1.54) is 11.4 Å². The van der Waals surface area contributed by atoms with Crippen LogP contribution in [-0.4, -0.2) is 57.1 Å². The summed E-state index contributed by atoms with van der Waals surface area (Å²) in [6, 6.07) is 14.3. The van der Waals surface area contributed by atoms with E-state index in [4.69, 9.17) is 4.74 Å². The number of rotatable bonds is 13. The Morgan fingerprint density at radius 3 is 2.37 bits per heavy atom. The molecule has 1 aliphatic rings. The van der Waals surface area contributed by atoms with E-state index in [2.05, 4.69) is 5.32 Å². The summed E-state index contributed by atoms with van der Waals surface area (Å²) in [5.41, 5.74) is 2.47. The Morgan fingerprint density at radius 1 is 1.08 bits per heavy atom. The summed E-state index contributed by atoms with van der Waals surface area (Å²) in [4.78, 5) is 28.6. The molecule has 8 nitrogen and oxygen atoms in total. The number of methoxy groups -OCH3 is 1. The standard InChI is InChI=1S/C29H41N3O5S/c1-5-25(29(34)30-24-15-8-9-16-24)31(21-23-14-7-6-13-22(23)2)28(33)19-12-20-32(38(4,35)36)26-17-10-11-18-27(26)37-3/h6-7,10-11,13-14,17-18,24-25H,5,8-9,12,15-16,19-21H2,1-4H3,(H,30,34). The molecule has 1 aliphatic carbocycles. The minimum absolute atomic E-state index is 0.111. The second kappa shape index (κ2) is 13.6. The summed E-state index contributed by atoms with van der Waals surface area (Å²) in [6.07, 6.45) is 6.21. The molecule has 2 aromatic rings. The number of aryl methyl sites for hydroxylation is 1. The highest BCUT2D eigenvalue weighted by Crippen LogP contribution is 2.30. The van der Waals surface area contributed by atoms with Crippen molar-refractivity contribution in [2.75, 3.05) is 24.2 Å². The van der Waals surface area contributed by atoms with Gasteiger partial charge in [-0.15, -0.1) is 0 Å². The van der Waals surface area contributed by atoms with E-state index in [0.29, 0.717) is 30.8 Å². The van der Waals surface area contributed by atoms with Crippen LogP contribution < -0.4 is 14.4 Å². The molecule has 1 saturated carbocycles. The van der Waals surface area contributed by atoms with Crippen molar-refractivity contribution in [2.24, 2.45) is 0 Å². The molecule has 0 bridgehead atoms. The minimum Gasteiger partial charge on any atom is -0.495 e. The van der Waals surface area contributed by atoms with Crippen LogP contribution in [0, 0.1) is 6.92 Å². The second-order valence-corrected chi connectivity index (χ2v) is 11.9. The first-order valence-corrected chi connectivity index (χ1v) is 15.3. The summed E-state index contributed by atoms with van der Waals surface area (Å²) in [6.45, 7) is 4.36. The van der Waals surface area contributed by atoms with E-state index < -0.39 is 16.1 Å². The molecule has 0 saturated heterocycles. The van der Waals surface area contributed by atoms with Crippen molar-refractivity contribution in [2.45, 2.75) is 77.4 Å². The summed E-state index contributed by atoms with van der Waals surface area (Å²) >= 11 is 0. The molecule has 0 spiro atoms. The number of nitrogens with one attached hydrogen (secondary N) is 1. The van der Waals surface area contributed by atoms with Crippen molar-refractivity contribution in [3.8, 4) is 5.75 Å². The van der Waals surface area contributed by atoms with E-state index in [1.54, 1.807) is 29.2 Å². The number of benzene rings is 2. The third kappa shape index (κ3) is 7.72. The lowest BCUT2D eigenvalue weighted by molar-refractivity contribution is -0.141. The van der Waals surface area contributed by atoms with Crippen LogP contribution in [0.4, 0.5) is 5.69 Å². The predicted molar refractivity (Wildman–Crippen MR) is 151 cm³/mol. The fourth-order valence-electron chi connectivity index (χ4n) is 5.08. The zero-order valence-electron chi connectivity index (χ0n) is 23.0. The zero-order chi connectivity index (χ0) is 27.7. The van der Waals surface area contributed by atoms with E-state index in [0.717, 1.165) is 43.1 Å². The van der Waals surface area contributed by atoms with Gasteiger partial charge in [0.1, 0.15) is 11.8 Å². The molecule has 2 aromatic carbocycles. The number of anilines is 1. The largest absolute Gasteiger partial charge is 0.495 e. The van der Waals surface area contributed by atoms with Crippen molar-refractivity contribution in [1.29, 1.82) is 0 Å². The molecule has 3 rings (SSSR count). The van der Waals surface area contributed by atoms with Gasteiger partial charge in [0.25, 0.3) is 0 Å². The SMILES string of the molecule is CCC(C(=O)NC1CCCC1)N(Cc1ccccc1C)C(=O)CCCN(c1ccccc1OC)S(C)(=O)=O. The van der Waals surface area contributed by atoms with Crippen LogP contribution in [0.1, 0.15) is 63.0 Å². The highest BCUT2D eigenvalue weighted by Gasteiger charge is 2.31. The van der Waals surface area contributed by atoms with E-state index in [-0.39, 0.29) is 30.8 Å². The molecular formula is C29H41N3O5S. The monoisotopic (exact) mass is 543 g/mol. The molecule has 9 heteroatoms. The maximum atomic E-state index is 13.6. The number of ether oxygens (including phenoxy) is 1. The smallest absolute Gasteiger partial charge is 0.243 e. The number of sulfonamides is 1. The predicted octanol–water partition coefficient (Wildman–Crippen LogP) is 4.42. The first kappa shape index (κ1) is 29.5. The van der Waals surface area contributed by atoms with Gasteiger partial charge in [0.15, 0.2) is 0 Å². The van der Waals surface area contributed by atoms with Gasteiger partial charge < -0.3 is 15.0 Å². The first-order chi connectivity index (χ1) is 18.2. The number of amides is 2. The van der Waals surface area contributed by atoms with E-state index >= 15 is 0 Å². The van der Waals surface area contributed by atoms with Crippen LogP contribution in [0.25, 0.3) is 0 Å². The highest BCUT2D eigenvalue weighted by atomic mass is 32.2. The van der Waals surface area contributed by atoms with Crippen LogP contribution >= 0.6 is 0 Å². The molecule has 0 aliphatic heterocycles. The Balaban J connectivity index is 1.78. The lowest BCUT2D eigenvalue weighted by Gasteiger charge is -2.32. The lowest BCUT2D eigenvalue weighted by Crippen LogP contribution is -2.51. The number of para-hydroxylation sites is 2. The van der Waals surface area contributed by atoms with Crippen LogP contribution in [0.5, 0.6) is 5.75 Å². The van der Waals surface area contributed by atoms with Crippen LogP contribution in [0.3, 0.4) is 0 Å². The number of nitrogens with zero attached hydrogens (tertiary/aromatic N) is 2. The molecule has 1 unspecified atom stereocenters. The maximum Gasteiger partial charge on any atom is 0.243 e. The van der Waals surface area contributed by atoms with Gasteiger partial charge >= 0.3 is 0 Å². The Bertz CT molecular complexity index is 1190. The van der Waals surface area contributed by atoms with Crippen LogP contribution in [-0.2, 0) is 26.2 Å². The second-order valence-electron chi connectivity index (χ2n) is 9.97. The summed E-state index contributed by atoms with van der Waals surface area (Å²) in [5, 5.41) is 3.16. The molecule has 0 radical (unpaired) electrons. The van der Waals surface area contributed by atoms with Gasteiger partial charge in [0, 0.05) is 25.6 Å². The first-order valence-electron chi connectivity index (χ1n) is 13.4. The minimum atomic E-state index is -3.61. The van der Waals surface area contributed by atoms with Crippen LogP contribution in [0.15, 0.2) is 48.5 Å². The van der Waals surface area contributed by atoms with Crippen molar-refractivity contribution in [1.82, 2.24) is 10.2 Å². The Hall–Kier alpha value is -3.07. The molecule has 38 heavy (non-hydrogen) atoms. The third-order valence-electron chi connectivity index (χ3n) is 7.20. The van der Waals surface area contributed by atoms with Crippen molar-refractivity contribution in [3.63, 3.8) is 0 Å². The number of hydrogen-bond donors (Lipinski definition) is 1. The Labute approximate surface area is 227 Å². The van der Waals surface area contributed by atoms with Gasteiger partial charge in [0.2, 0.25) is 21.8 Å². The fourth-order valence-corrected chi connectivity index (χ4v) is 6.05. The normalized spacial score (nSPS) is 14.6. The molecular weight excluding hydrogens is 502 g/mol. The average molecular weight is 544 g/mol. The van der Waals surface area contributed by atoms with Gasteiger partial charge in [0.05, 0.1) is 19.1 Å². The van der Waals surface area contributed by atoms with Crippen LogP contribution in [0.2, 0.25) is 0 Å². The van der Waals surface area contributed by atoms with Gasteiger partial charge in [-0.1, -0.05) is 56.2 Å². The summed E-state index contributed by atoms with van der Waals surface area (Å²) in [5.74, 6) is 0.156. The summed E-state index contributed by atoms with van der Waals surface area (Å²) in [7, 11) is -2.11. The molecule has 208 valence electrons. The van der Waals surface area contributed by atoms with Gasteiger partial charge in [-0.25, -0.2) is 8.42 Å². The molecule has 2 amide bonds. The number of hydrogen-bond acceptors (Lipinski definition) is 5. The highest BCUT2D eigenvalue weighted by molar-refractivity contribution is 7.92. The van der Waals surface area contributed by atoms with E-state index in [1.807, 2.05) is 38.1 Å². The quantitative estimate of drug-likeness (QED) is 0.404. The Kier molecular flexibility index (Phi) is 10.6. The maximum absolute atomic E-state index is 13.6. The number of carbonyl (C=O) groups excluding carboxylic acids is 2. The topological polar surface area (TPSA) is 96.0 Å². The van der Waals surface area contributed by atoms with Gasteiger partial charge in [-0.05, 0) is 55.9 Å². The zero-order valence-corrected chi connectivity index (χ0v) is 23.8. The molecule has 1 fully saturated rings. The van der Waals surface area contributed by atoms with Crippen molar-refractivity contribution in [3.05, 3.63) is 59.7 Å². The van der Waals surface area contributed by atoms with Crippen molar-refractivity contribution < 1.29 is 22.7 Å². The lowest BCUT2D eigenvalue weighted by atomic mass is 10.0. The van der Waals surface area contributed by atoms with E-state index in [9.17, 15) is 18.0 Å². The van der Waals surface area contributed by atoms with Crippen molar-refractivity contribution >= 4 is 27.5 Å². The average Bonchev–Trinajstić information content (AvgIpc) is 3.39. The Morgan fingerprint density at radius 2 is 1.74 bits per heavy atom. The molecule has 1 N–H and O–H groups in total. The summed E-state index contributed by atoms with van der Waals surface area (Å²) < 4.78 is 31.9. The fraction of sp³-hybridized carbons (Fsp3) is 0.517. The van der Waals surface area contributed by atoms with Gasteiger partial charge in [-0.3, -0.25) is 13.9 Å². The number of carbonyl (C=O) groups is 2.